The van der Waals surface area contributed by atoms with E-state index in [2.05, 4.69) is 23.8 Å². The molecule has 1 unspecified atom stereocenters. The summed E-state index contributed by atoms with van der Waals surface area (Å²) < 4.78 is 0. The molecule has 1 aliphatic heterocycles. The van der Waals surface area contributed by atoms with Crippen LogP contribution in [0.3, 0.4) is 0 Å². The molecule has 1 heterocycles. The van der Waals surface area contributed by atoms with Gasteiger partial charge in [0.15, 0.2) is 0 Å². The second-order valence-electron chi connectivity index (χ2n) is 6.77. The average Bonchev–Trinajstić information content (AvgIpc) is 2.86. The quantitative estimate of drug-likeness (QED) is 0.800. The molecule has 19 heavy (non-hydrogen) atoms. The minimum atomic E-state index is 0.812. The number of nitrogens with zero attached hydrogens (tertiary/aromatic N) is 2. The number of likely N-dealkylation sites (tertiary alicyclic amines) is 1. The number of rotatable bonds is 6. The normalized spacial score (nSPS) is 33.2. The van der Waals surface area contributed by atoms with Crippen molar-refractivity contribution < 1.29 is 0 Å². The highest BCUT2D eigenvalue weighted by Crippen LogP contribution is 2.28. The van der Waals surface area contributed by atoms with Gasteiger partial charge in [-0.3, -0.25) is 4.90 Å². The van der Waals surface area contributed by atoms with E-state index in [0.29, 0.717) is 0 Å². The average molecular weight is 267 g/mol. The van der Waals surface area contributed by atoms with E-state index in [9.17, 15) is 0 Å². The third kappa shape index (κ3) is 4.44. The van der Waals surface area contributed by atoms with Crippen LogP contribution in [0.2, 0.25) is 0 Å². The predicted octanol–water partition coefficient (Wildman–Crippen LogP) is 2.17. The molecule has 3 heteroatoms. The molecule has 1 atom stereocenters. The molecule has 2 aliphatic rings. The molecule has 0 spiro atoms. The van der Waals surface area contributed by atoms with Crippen molar-refractivity contribution in [2.45, 2.75) is 51.5 Å². The van der Waals surface area contributed by atoms with E-state index in [-0.39, 0.29) is 0 Å². The zero-order valence-electron chi connectivity index (χ0n) is 13.0. The van der Waals surface area contributed by atoms with E-state index in [0.717, 1.165) is 24.4 Å². The van der Waals surface area contributed by atoms with Crippen molar-refractivity contribution in [1.29, 1.82) is 0 Å². The van der Waals surface area contributed by atoms with Gasteiger partial charge in [0.25, 0.3) is 0 Å². The summed E-state index contributed by atoms with van der Waals surface area (Å²) in [5.74, 6) is 1.73. The first-order valence-electron chi connectivity index (χ1n) is 8.35. The fourth-order valence-electron chi connectivity index (χ4n) is 4.04. The summed E-state index contributed by atoms with van der Waals surface area (Å²) in [5, 5.41) is 0. The number of likely N-dealkylation sites (N-methyl/N-ethyl adjacent to an activating group) is 2. The highest BCUT2D eigenvalue weighted by molar-refractivity contribution is 4.82. The fraction of sp³-hybridized carbons (Fsp3) is 1.00. The summed E-state index contributed by atoms with van der Waals surface area (Å²) in [6.07, 6.45) is 8.31. The molecule has 1 saturated heterocycles. The van der Waals surface area contributed by atoms with Gasteiger partial charge in [-0.15, -0.1) is 0 Å². The maximum absolute atomic E-state index is 5.77. The van der Waals surface area contributed by atoms with Crippen LogP contribution in [-0.4, -0.2) is 55.6 Å². The van der Waals surface area contributed by atoms with Gasteiger partial charge < -0.3 is 10.6 Å². The molecule has 0 bridgehead atoms. The van der Waals surface area contributed by atoms with Crippen molar-refractivity contribution in [3.63, 3.8) is 0 Å². The monoisotopic (exact) mass is 267 g/mol. The summed E-state index contributed by atoms with van der Waals surface area (Å²) in [7, 11) is 2.32. The van der Waals surface area contributed by atoms with Crippen LogP contribution in [0.1, 0.15) is 45.4 Å². The summed E-state index contributed by atoms with van der Waals surface area (Å²) in [6, 6.07) is 0.815. The molecule has 0 aromatic rings. The van der Waals surface area contributed by atoms with Crippen molar-refractivity contribution in [2.24, 2.45) is 17.6 Å². The second-order valence-corrected chi connectivity index (χ2v) is 6.77. The van der Waals surface area contributed by atoms with Crippen LogP contribution < -0.4 is 5.73 Å². The Bertz CT molecular complexity index is 248. The van der Waals surface area contributed by atoms with Gasteiger partial charge in [-0.1, -0.05) is 6.92 Å². The zero-order valence-corrected chi connectivity index (χ0v) is 13.0. The topological polar surface area (TPSA) is 32.5 Å². The third-order valence-corrected chi connectivity index (χ3v) is 5.30. The van der Waals surface area contributed by atoms with Crippen LogP contribution in [0.5, 0.6) is 0 Å². The minimum absolute atomic E-state index is 0.812. The molecule has 0 amide bonds. The van der Waals surface area contributed by atoms with Crippen molar-refractivity contribution in [3.8, 4) is 0 Å². The van der Waals surface area contributed by atoms with Crippen LogP contribution in [-0.2, 0) is 0 Å². The van der Waals surface area contributed by atoms with Gasteiger partial charge in [0.05, 0.1) is 0 Å². The molecular formula is C16H33N3. The Labute approximate surface area is 119 Å². The lowest BCUT2D eigenvalue weighted by Gasteiger charge is -2.33. The van der Waals surface area contributed by atoms with Gasteiger partial charge >= 0.3 is 0 Å². The molecule has 3 nitrogen and oxygen atoms in total. The summed E-state index contributed by atoms with van der Waals surface area (Å²) in [4.78, 5) is 5.24. The van der Waals surface area contributed by atoms with Crippen molar-refractivity contribution in [2.75, 3.05) is 39.8 Å². The highest BCUT2D eigenvalue weighted by atomic mass is 15.2. The first-order valence-corrected chi connectivity index (χ1v) is 8.35. The van der Waals surface area contributed by atoms with Crippen LogP contribution in [0.25, 0.3) is 0 Å². The van der Waals surface area contributed by atoms with Gasteiger partial charge in [0.1, 0.15) is 0 Å². The Kier molecular flexibility index (Phi) is 6.11. The summed E-state index contributed by atoms with van der Waals surface area (Å²) in [5.41, 5.74) is 5.77. The first kappa shape index (κ1) is 15.3. The fourth-order valence-corrected chi connectivity index (χ4v) is 4.04. The van der Waals surface area contributed by atoms with E-state index >= 15 is 0 Å². The molecule has 2 rings (SSSR count). The lowest BCUT2D eigenvalue weighted by atomic mass is 9.82. The lowest BCUT2D eigenvalue weighted by Crippen LogP contribution is -2.40. The van der Waals surface area contributed by atoms with Crippen LogP contribution in [0.15, 0.2) is 0 Å². The SMILES string of the molecule is CCN1CCCC1CN(C)CC1CCC(CN)CC1. The highest BCUT2D eigenvalue weighted by Gasteiger charge is 2.26. The molecular weight excluding hydrogens is 234 g/mol. The Morgan fingerprint density at radius 1 is 1.05 bits per heavy atom. The van der Waals surface area contributed by atoms with E-state index < -0.39 is 0 Å². The number of hydrogen-bond acceptors (Lipinski definition) is 3. The zero-order chi connectivity index (χ0) is 13.7. The van der Waals surface area contributed by atoms with Crippen molar-refractivity contribution >= 4 is 0 Å². The number of nitrogens with two attached hydrogens (primary N) is 1. The molecule has 1 aliphatic carbocycles. The van der Waals surface area contributed by atoms with Gasteiger partial charge in [0, 0.05) is 19.1 Å². The molecule has 0 aromatic carbocycles. The molecule has 112 valence electrons. The lowest BCUT2D eigenvalue weighted by molar-refractivity contribution is 0.161. The van der Waals surface area contributed by atoms with E-state index in [1.807, 2.05) is 0 Å². The summed E-state index contributed by atoms with van der Waals surface area (Å²) in [6.45, 7) is 8.30. The van der Waals surface area contributed by atoms with Crippen LogP contribution in [0, 0.1) is 11.8 Å². The second kappa shape index (κ2) is 7.61. The molecule has 2 fully saturated rings. The number of hydrogen-bond donors (Lipinski definition) is 1. The smallest absolute Gasteiger partial charge is 0.0223 e. The molecule has 0 radical (unpaired) electrons. The van der Waals surface area contributed by atoms with Gasteiger partial charge in [-0.05, 0) is 77.0 Å². The molecule has 2 N–H and O–H groups in total. The van der Waals surface area contributed by atoms with Gasteiger partial charge in [0.2, 0.25) is 0 Å². The largest absolute Gasteiger partial charge is 0.330 e. The summed E-state index contributed by atoms with van der Waals surface area (Å²) >= 11 is 0. The van der Waals surface area contributed by atoms with Crippen molar-refractivity contribution in [3.05, 3.63) is 0 Å². The first-order chi connectivity index (χ1) is 9.22. The Morgan fingerprint density at radius 3 is 2.37 bits per heavy atom. The predicted molar refractivity (Wildman–Crippen MR) is 82.3 cm³/mol. The van der Waals surface area contributed by atoms with Gasteiger partial charge in [-0.2, -0.15) is 0 Å². The maximum atomic E-state index is 5.77. The Hall–Kier alpha value is -0.120. The van der Waals surface area contributed by atoms with E-state index in [1.54, 1.807) is 0 Å². The van der Waals surface area contributed by atoms with Crippen LogP contribution in [0.4, 0.5) is 0 Å². The van der Waals surface area contributed by atoms with Crippen molar-refractivity contribution in [1.82, 2.24) is 9.80 Å². The van der Waals surface area contributed by atoms with E-state index in [4.69, 9.17) is 5.73 Å². The Morgan fingerprint density at radius 2 is 1.74 bits per heavy atom. The minimum Gasteiger partial charge on any atom is -0.330 e. The third-order valence-electron chi connectivity index (χ3n) is 5.30. The molecule has 1 saturated carbocycles. The standard InChI is InChI=1S/C16H33N3/c1-3-19-10-4-5-16(19)13-18(2)12-15-8-6-14(11-17)7-9-15/h14-16H,3-13,17H2,1-2H3. The molecule has 0 aromatic heterocycles. The maximum Gasteiger partial charge on any atom is 0.0223 e. The van der Waals surface area contributed by atoms with E-state index in [1.165, 1.54) is 64.7 Å². The van der Waals surface area contributed by atoms with Crippen LogP contribution >= 0.6 is 0 Å². The Balaban J connectivity index is 1.68. The van der Waals surface area contributed by atoms with Gasteiger partial charge in [-0.25, -0.2) is 0 Å².